The van der Waals surface area contributed by atoms with E-state index < -0.39 is 0 Å². The summed E-state index contributed by atoms with van der Waals surface area (Å²) >= 11 is 1.67. The van der Waals surface area contributed by atoms with Gasteiger partial charge in [-0.25, -0.2) is 0 Å². The molecule has 2 heterocycles. The fourth-order valence-electron chi connectivity index (χ4n) is 3.04. The fraction of sp³-hybridized carbons (Fsp3) is 0.421. The van der Waals surface area contributed by atoms with Gasteiger partial charge in [0, 0.05) is 31.3 Å². The number of benzene rings is 1. The number of hydrogen-bond donors (Lipinski definition) is 1. The second-order valence-electron chi connectivity index (χ2n) is 6.03. The van der Waals surface area contributed by atoms with Crippen molar-refractivity contribution in [1.29, 1.82) is 0 Å². The van der Waals surface area contributed by atoms with Crippen molar-refractivity contribution in [2.75, 3.05) is 47.1 Å². The molecule has 7 heteroatoms. The lowest BCUT2D eigenvalue weighted by molar-refractivity contribution is 0.0163. The zero-order valence-electron chi connectivity index (χ0n) is 15.1. The van der Waals surface area contributed by atoms with Crippen molar-refractivity contribution >= 4 is 17.2 Å². The number of nitrogens with one attached hydrogen (secondary N) is 1. The van der Waals surface area contributed by atoms with E-state index in [9.17, 15) is 4.79 Å². The predicted molar refractivity (Wildman–Crippen MR) is 101 cm³/mol. The van der Waals surface area contributed by atoms with E-state index in [1.807, 2.05) is 0 Å². The summed E-state index contributed by atoms with van der Waals surface area (Å²) in [6.07, 6.45) is 0. The smallest absolute Gasteiger partial charge is 0.251 e. The monoisotopic (exact) mass is 376 g/mol. The summed E-state index contributed by atoms with van der Waals surface area (Å²) in [5.41, 5.74) is 1.74. The van der Waals surface area contributed by atoms with Gasteiger partial charge in [0.1, 0.15) is 11.5 Å². The van der Waals surface area contributed by atoms with E-state index in [-0.39, 0.29) is 11.9 Å². The largest absolute Gasteiger partial charge is 0.497 e. The fourth-order valence-corrected chi connectivity index (χ4v) is 3.75. The van der Waals surface area contributed by atoms with Crippen LogP contribution in [0.15, 0.2) is 35.0 Å². The van der Waals surface area contributed by atoms with E-state index in [4.69, 9.17) is 14.2 Å². The number of carbonyl (C=O) groups is 1. The molecule has 1 aliphatic heterocycles. The minimum absolute atomic E-state index is 0.140. The number of thiophene rings is 1. The van der Waals surface area contributed by atoms with Crippen molar-refractivity contribution in [3.63, 3.8) is 0 Å². The molecule has 1 saturated heterocycles. The van der Waals surface area contributed by atoms with Crippen LogP contribution >= 0.6 is 11.3 Å². The summed E-state index contributed by atoms with van der Waals surface area (Å²) in [7, 11) is 3.14. The Morgan fingerprint density at radius 1 is 1.23 bits per heavy atom. The molecule has 2 aromatic rings. The Balaban J connectivity index is 1.71. The molecule has 0 bridgehead atoms. The molecular weight excluding hydrogens is 352 g/mol. The highest BCUT2D eigenvalue weighted by Gasteiger charge is 2.24. The van der Waals surface area contributed by atoms with Gasteiger partial charge in [0.15, 0.2) is 0 Å². The molecule has 3 rings (SSSR count). The highest BCUT2D eigenvalue weighted by molar-refractivity contribution is 7.07. The average Bonchev–Trinajstić information content (AvgIpc) is 3.22. The summed E-state index contributed by atoms with van der Waals surface area (Å²) in [5.74, 6) is 1.05. The summed E-state index contributed by atoms with van der Waals surface area (Å²) in [6, 6.07) is 7.43. The molecule has 26 heavy (non-hydrogen) atoms. The quantitative estimate of drug-likeness (QED) is 0.805. The first-order valence-electron chi connectivity index (χ1n) is 8.56. The maximum absolute atomic E-state index is 12.7. The molecule has 0 radical (unpaired) electrons. The van der Waals surface area contributed by atoms with Crippen molar-refractivity contribution in [1.82, 2.24) is 10.2 Å². The predicted octanol–water partition coefficient (Wildman–Crippen LogP) is 2.57. The molecule has 0 aliphatic carbocycles. The van der Waals surface area contributed by atoms with E-state index in [1.54, 1.807) is 43.8 Å². The summed E-state index contributed by atoms with van der Waals surface area (Å²) in [6.45, 7) is 3.71. The molecule has 1 aliphatic rings. The molecule has 0 spiro atoms. The van der Waals surface area contributed by atoms with Crippen LogP contribution in [0.2, 0.25) is 0 Å². The van der Waals surface area contributed by atoms with Gasteiger partial charge in [-0.15, -0.1) is 0 Å². The molecule has 1 atom stereocenters. The number of hydrogen-bond acceptors (Lipinski definition) is 6. The Bertz CT molecular complexity index is 692. The van der Waals surface area contributed by atoms with Gasteiger partial charge < -0.3 is 19.5 Å². The van der Waals surface area contributed by atoms with Crippen molar-refractivity contribution in [2.45, 2.75) is 6.04 Å². The number of methoxy groups -OCH3 is 2. The lowest BCUT2D eigenvalue weighted by atomic mass is 10.1. The van der Waals surface area contributed by atoms with E-state index in [0.717, 1.165) is 26.3 Å². The van der Waals surface area contributed by atoms with Crippen LogP contribution in [-0.2, 0) is 4.74 Å². The van der Waals surface area contributed by atoms with Crippen LogP contribution < -0.4 is 14.8 Å². The molecule has 1 aromatic heterocycles. The van der Waals surface area contributed by atoms with Crippen LogP contribution in [0.25, 0.3) is 0 Å². The van der Waals surface area contributed by atoms with Crippen LogP contribution in [0, 0.1) is 0 Å². The molecular formula is C19H24N2O4S. The third-order valence-corrected chi connectivity index (χ3v) is 5.19. The van der Waals surface area contributed by atoms with Gasteiger partial charge in [-0.3, -0.25) is 9.69 Å². The van der Waals surface area contributed by atoms with Crippen molar-refractivity contribution in [3.05, 3.63) is 46.2 Å². The average molecular weight is 376 g/mol. The van der Waals surface area contributed by atoms with Gasteiger partial charge >= 0.3 is 0 Å². The number of amides is 1. The molecule has 0 saturated carbocycles. The summed E-state index contributed by atoms with van der Waals surface area (Å²) in [4.78, 5) is 15.0. The van der Waals surface area contributed by atoms with E-state index in [2.05, 4.69) is 27.0 Å². The summed E-state index contributed by atoms with van der Waals surface area (Å²) < 4.78 is 16.0. The van der Waals surface area contributed by atoms with Crippen LogP contribution in [0.5, 0.6) is 11.5 Å². The van der Waals surface area contributed by atoms with Crippen molar-refractivity contribution in [2.24, 2.45) is 0 Å². The first-order chi connectivity index (χ1) is 12.7. The Labute approximate surface area is 157 Å². The lowest BCUT2D eigenvalue weighted by Gasteiger charge is -2.34. The number of carbonyl (C=O) groups excluding carboxylic acids is 1. The maximum Gasteiger partial charge on any atom is 0.251 e. The standard InChI is InChI=1S/C19H24N2O4S/c1-23-16-9-15(10-17(11-16)24-2)19(22)20-12-18(14-3-8-26-13-14)21-4-6-25-7-5-21/h3,8-11,13,18H,4-7,12H2,1-2H3,(H,20,22). The molecule has 1 fully saturated rings. The van der Waals surface area contributed by atoms with E-state index in [1.165, 1.54) is 5.56 Å². The molecule has 140 valence electrons. The molecule has 1 N–H and O–H groups in total. The van der Waals surface area contributed by atoms with Gasteiger partial charge in [-0.1, -0.05) is 0 Å². The molecule has 1 unspecified atom stereocenters. The second-order valence-corrected chi connectivity index (χ2v) is 6.81. The normalized spacial score (nSPS) is 16.1. The minimum atomic E-state index is -0.143. The van der Waals surface area contributed by atoms with Gasteiger partial charge in [0.2, 0.25) is 0 Å². The third kappa shape index (κ3) is 4.55. The van der Waals surface area contributed by atoms with Gasteiger partial charge in [0.25, 0.3) is 5.91 Å². The topological polar surface area (TPSA) is 60.0 Å². The second kappa shape index (κ2) is 9.02. The first kappa shape index (κ1) is 18.7. The first-order valence-corrected chi connectivity index (χ1v) is 9.50. The Morgan fingerprint density at radius 3 is 2.50 bits per heavy atom. The highest BCUT2D eigenvalue weighted by Crippen LogP contribution is 2.25. The molecule has 1 amide bonds. The van der Waals surface area contributed by atoms with E-state index in [0.29, 0.717) is 23.6 Å². The Kier molecular flexibility index (Phi) is 6.49. The number of morpholine rings is 1. The number of rotatable bonds is 7. The zero-order valence-corrected chi connectivity index (χ0v) is 15.9. The highest BCUT2D eigenvalue weighted by atomic mass is 32.1. The number of nitrogens with zero attached hydrogens (tertiary/aromatic N) is 1. The Morgan fingerprint density at radius 2 is 1.92 bits per heavy atom. The van der Waals surface area contributed by atoms with Crippen LogP contribution in [0.3, 0.4) is 0 Å². The third-order valence-electron chi connectivity index (χ3n) is 4.48. The van der Waals surface area contributed by atoms with Gasteiger partial charge in [0.05, 0.1) is 33.5 Å². The van der Waals surface area contributed by atoms with Gasteiger partial charge in [-0.05, 0) is 34.5 Å². The van der Waals surface area contributed by atoms with Crippen molar-refractivity contribution in [3.8, 4) is 11.5 Å². The SMILES string of the molecule is COc1cc(OC)cc(C(=O)NCC(c2ccsc2)N2CCOCC2)c1. The van der Waals surface area contributed by atoms with Gasteiger partial charge in [-0.2, -0.15) is 11.3 Å². The number of ether oxygens (including phenoxy) is 3. The maximum atomic E-state index is 12.7. The van der Waals surface area contributed by atoms with Crippen LogP contribution in [0.4, 0.5) is 0 Å². The molecule has 6 nitrogen and oxygen atoms in total. The zero-order chi connectivity index (χ0) is 18.4. The van der Waals surface area contributed by atoms with Crippen LogP contribution in [-0.4, -0.2) is 57.9 Å². The minimum Gasteiger partial charge on any atom is -0.497 e. The lowest BCUT2D eigenvalue weighted by Crippen LogP contribution is -2.43. The van der Waals surface area contributed by atoms with Crippen LogP contribution in [0.1, 0.15) is 22.0 Å². The Hall–Kier alpha value is -2.09. The van der Waals surface area contributed by atoms with E-state index >= 15 is 0 Å². The van der Waals surface area contributed by atoms with Crippen molar-refractivity contribution < 1.29 is 19.0 Å². The molecule has 1 aromatic carbocycles. The summed E-state index contributed by atoms with van der Waals surface area (Å²) in [5, 5.41) is 7.27.